The van der Waals surface area contributed by atoms with Crippen molar-refractivity contribution in [2.45, 2.75) is 44.8 Å². The molecule has 0 radical (unpaired) electrons. The summed E-state index contributed by atoms with van der Waals surface area (Å²) in [7, 11) is 0. The molecule has 1 rings (SSSR count). The Balaban J connectivity index is 2.45. The summed E-state index contributed by atoms with van der Waals surface area (Å²) in [6.45, 7) is 2.02. The van der Waals surface area contributed by atoms with Crippen molar-refractivity contribution >= 4 is 0 Å². The van der Waals surface area contributed by atoms with E-state index in [-0.39, 0.29) is 18.1 Å². The Morgan fingerprint density at radius 1 is 1.20 bits per heavy atom. The van der Waals surface area contributed by atoms with Gasteiger partial charge in [0.05, 0.1) is 12.2 Å². The third-order valence-electron chi connectivity index (χ3n) is 2.46. The van der Waals surface area contributed by atoms with Crippen molar-refractivity contribution in [2.24, 2.45) is 5.92 Å². The lowest BCUT2D eigenvalue weighted by Crippen LogP contribution is -2.35. The van der Waals surface area contributed by atoms with E-state index in [0.29, 0.717) is 0 Å². The zero-order chi connectivity index (χ0) is 7.56. The van der Waals surface area contributed by atoms with Gasteiger partial charge in [-0.2, -0.15) is 0 Å². The number of rotatable bonds is 1. The molecule has 2 atom stereocenters. The van der Waals surface area contributed by atoms with Crippen LogP contribution in [0, 0.1) is 5.92 Å². The molecule has 2 unspecified atom stereocenters. The summed E-state index contributed by atoms with van der Waals surface area (Å²) >= 11 is 0. The van der Waals surface area contributed by atoms with Crippen LogP contribution in [0.15, 0.2) is 0 Å². The molecule has 2 heteroatoms. The van der Waals surface area contributed by atoms with E-state index in [2.05, 4.69) is 0 Å². The molecule has 1 fully saturated rings. The molecule has 0 aromatic heterocycles. The third-order valence-corrected chi connectivity index (χ3v) is 2.46. The van der Waals surface area contributed by atoms with Crippen LogP contribution in [0.25, 0.3) is 0 Å². The van der Waals surface area contributed by atoms with Crippen molar-refractivity contribution in [3.05, 3.63) is 0 Å². The Morgan fingerprint density at radius 3 is 2.00 bits per heavy atom. The van der Waals surface area contributed by atoms with Crippen molar-refractivity contribution in [3.63, 3.8) is 0 Å². The second-order valence-electron chi connectivity index (χ2n) is 3.14. The van der Waals surface area contributed by atoms with Gasteiger partial charge < -0.3 is 10.2 Å². The van der Waals surface area contributed by atoms with E-state index in [9.17, 15) is 10.2 Å². The number of aliphatic hydroxyl groups is 2. The van der Waals surface area contributed by atoms with Crippen LogP contribution >= 0.6 is 0 Å². The number of hydrogen-bond acceptors (Lipinski definition) is 2. The first-order valence-corrected chi connectivity index (χ1v) is 4.11. The first kappa shape index (κ1) is 8.02. The minimum absolute atomic E-state index is 0.133. The summed E-state index contributed by atoms with van der Waals surface area (Å²) in [5.74, 6) is 0.133. The molecule has 2 N–H and O–H groups in total. The Bertz CT molecular complexity index is 93.4. The van der Waals surface area contributed by atoms with E-state index in [1.165, 1.54) is 0 Å². The zero-order valence-electron chi connectivity index (χ0n) is 6.45. The SMILES string of the molecule is CCC1C(O)CCCC1O. The first-order chi connectivity index (χ1) is 4.75. The molecule has 0 amide bonds. The average molecular weight is 144 g/mol. The van der Waals surface area contributed by atoms with Gasteiger partial charge >= 0.3 is 0 Å². The van der Waals surface area contributed by atoms with Crippen LogP contribution in [-0.2, 0) is 0 Å². The predicted octanol–water partition coefficient (Wildman–Crippen LogP) is 0.918. The Labute approximate surface area is 61.9 Å². The van der Waals surface area contributed by atoms with Crippen LogP contribution in [0.1, 0.15) is 32.6 Å². The molecule has 0 aromatic rings. The van der Waals surface area contributed by atoms with Crippen molar-refractivity contribution in [1.29, 1.82) is 0 Å². The second kappa shape index (κ2) is 3.35. The minimum atomic E-state index is -0.256. The van der Waals surface area contributed by atoms with Gasteiger partial charge in [0.1, 0.15) is 0 Å². The molecule has 2 nitrogen and oxygen atoms in total. The van der Waals surface area contributed by atoms with Crippen LogP contribution in [0.3, 0.4) is 0 Å². The predicted molar refractivity (Wildman–Crippen MR) is 39.6 cm³/mol. The van der Waals surface area contributed by atoms with E-state index in [4.69, 9.17) is 0 Å². The van der Waals surface area contributed by atoms with Crippen LogP contribution in [0.4, 0.5) is 0 Å². The van der Waals surface area contributed by atoms with Gasteiger partial charge in [-0.15, -0.1) is 0 Å². The maximum absolute atomic E-state index is 9.38. The topological polar surface area (TPSA) is 40.5 Å². The summed E-state index contributed by atoms with van der Waals surface area (Å²) < 4.78 is 0. The molecule has 60 valence electrons. The average Bonchev–Trinajstić information content (AvgIpc) is 1.88. The van der Waals surface area contributed by atoms with E-state index in [1.807, 2.05) is 6.92 Å². The van der Waals surface area contributed by atoms with Crippen molar-refractivity contribution in [3.8, 4) is 0 Å². The van der Waals surface area contributed by atoms with Gasteiger partial charge in [-0.3, -0.25) is 0 Å². The number of hydrogen-bond donors (Lipinski definition) is 2. The van der Waals surface area contributed by atoms with Crippen molar-refractivity contribution in [2.75, 3.05) is 0 Å². The zero-order valence-corrected chi connectivity index (χ0v) is 6.45. The van der Waals surface area contributed by atoms with Gasteiger partial charge in [-0.25, -0.2) is 0 Å². The molecule has 1 aliphatic carbocycles. The van der Waals surface area contributed by atoms with Crippen LogP contribution in [0.2, 0.25) is 0 Å². The molecule has 0 spiro atoms. The quantitative estimate of drug-likeness (QED) is 0.574. The maximum atomic E-state index is 9.38. The highest BCUT2D eigenvalue weighted by Gasteiger charge is 2.28. The summed E-state index contributed by atoms with van der Waals surface area (Å²) in [5, 5.41) is 18.8. The molecule has 0 saturated heterocycles. The largest absolute Gasteiger partial charge is 0.393 e. The molecular formula is C8H16O2. The summed E-state index contributed by atoms with van der Waals surface area (Å²) in [5.41, 5.74) is 0. The van der Waals surface area contributed by atoms with Gasteiger partial charge in [0.2, 0.25) is 0 Å². The second-order valence-corrected chi connectivity index (χ2v) is 3.14. The molecule has 0 bridgehead atoms. The van der Waals surface area contributed by atoms with Crippen LogP contribution in [0.5, 0.6) is 0 Å². The molecule has 0 aliphatic heterocycles. The lowest BCUT2D eigenvalue weighted by Gasteiger charge is -2.31. The van der Waals surface area contributed by atoms with E-state index < -0.39 is 0 Å². The molecule has 10 heavy (non-hydrogen) atoms. The van der Waals surface area contributed by atoms with Crippen LogP contribution < -0.4 is 0 Å². The Morgan fingerprint density at radius 2 is 1.70 bits per heavy atom. The first-order valence-electron chi connectivity index (χ1n) is 4.11. The highest BCUT2D eigenvalue weighted by Crippen LogP contribution is 2.26. The minimum Gasteiger partial charge on any atom is -0.393 e. The highest BCUT2D eigenvalue weighted by atomic mass is 16.3. The maximum Gasteiger partial charge on any atom is 0.0593 e. The van der Waals surface area contributed by atoms with E-state index in [0.717, 1.165) is 25.7 Å². The molecular weight excluding hydrogens is 128 g/mol. The summed E-state index contributed by atoms with van der Waals surface area (Å²) in [4.78, 5) is 0. The van der Waals surface area contributed by atoms with Gasteiger partial charge in [0.15, 0.2) is 0 Å². The molecule has 1 saturated carbocycles. The van der Waals surface area contributed by atoms with E-state index >= 15 is 0 Å². The summed E-state index contributed by atoms with van der Waals surface area (Å²) in [6.07, 6.45) is 3.09. The summed E-state index contributed by atoms with van der Waals surface area (Å²) in [6, 6.07) is 0. The lowest BCUT2D eigenvalue weighted by molar-refractivity contribution is -0.0246. The third kappa shape index (κ3) is 1.50. The van der Waals surface area contributed by atoms with E-state index in [1.54, 1.807) is 0 Å². The van der Waals surface area contributed by atoms with Gasteiger partial charge in [0.25, 0.3) is 0 Å². The Hall–Kier alpha value is -0.0800. The lowest BCUT2D eigenvalue weighted by atomic mass is 9.82. The van der Waals surface area contributed by atoms with Crippen LogP contribution in [-0.4, -0.2) is 22.4 Å². The molecule has 0 aromatic carbocycles. The number of aliphatic hydroxyl groups excluding tert-OH is 2. The normalized spacial score (nSPS) is 41.7. The molecule has 0 heterocycles. The van der Waals surface area contributed by atoms with Gasteiger partial charge in [-0.05, 0) is 25.7 Å². The molecule has 1 aliphatic rings. The standard InChI is InChI=1S/C8H16O2/c1-2-6-7(9)4-3-5-8(6)10/h6-10H,2-5H2,1H3. The van der Waals surface area contributed by atoms with Crippen molar-refractivity contribution < 1.29 is 10.2 Å². The van der Waals surface area contributed by atoms with Gasteiger partial charge in [0, 0.05) is 5.92 Å². The van der Waals surface area contributed by atoms with Gasteiger partial charge in [-0.1, -0.05) is 6.92 Å². The monoisotopic (exact) mass is 144 g/mol. The fourth-order valence-electron chi connectivity index (χ4n) is 1.76. The fraction of sp³-hybridized carbons (Fsp3) is 1.00. The fourth-order valence-corrected chi connectivity index (χ4v) is 1.76. The Kier molecular flexibility index (Phi) is 2.69. The smallest absolute Gasteiger partial charge is 0.0593 e. The van der Waals surface area contributed by atoms with Crippen molar-refractivity contribution in [1.82, 2.24) is 0 Å². The highest BCUT2D eigenvalue weighted by molar-refractivity contribution is 4.80.